The normalized spacial score (nSPS) is 25.5. The highest BCUT2D eigenvalue weighted by Crippen LogP contribution is 2.51. The Bertz CT molecular complexity index is 1170. The highest BCUT2D eigenvalue weighted by Gasteiger charge is 2.41. The molecule has 2 atom stereocenters. The highest BCUT2D eigenvalue weighted by molar-refractivity contribution is 5.95. The van der Waals surface area contributed by atoms with Crippen LogP contribution in [-0.2, 0) is 10.2 Å². The maximum atomic E-state index is 12.1. The Morgan fingerprint density at radius 2 is 1.60 bits per heavy atom. The van der Waals surface area contributed by atoms with E-state index in [9.17, 15) is 4.79 Å². The summed E-state index contributed by atoms with van der Waals surface area (Å²) in [4.78, 5) is 16.4. The van der Waals surface area contributed by atoms with Crippen LogP contribution in [0.25, 0.3) is 0 Å². The zero-order valence-electron chi connectivity index (χ0n) is 20.9. The van der Waals surface area contributed by atoms with Crippen LogP contribution >= 0.6 is 0 Å². The average molecular weight is 470 g/mol. The standard InChI is InChI=1S/C30H35N3O2/c1-20-14-21-16-22(15-20)19-30(2,18-21)23-9-11-24(12-10-23)32-25-6-4-7-26(17-25)33-28-27(29(34)35-3)8-5-13-31-28/h4-13,17,20-22,32H,14-16,18-19H2,1-3H3,(H,31,33). The second kappa shape index (κ2) is 9.73. The third-order valence-electron chi connectivity index (χ3n) is 7.83. The molecule has 2 saturated carbocycles. The number of hydrogen-bond donors (Lipinski definition) is 2. The molecule has 0 saturated heterocycles. The largest absolute Gasteiger partial charge is 0.465 e. The van der Waals surface area contributed by atoms with E-state index in [4.69, 9.17) is 4.74 Å². The van der Waals surface area contributed by atoms with Crippen molar-refractivity contribution in [1.82, 2.24) is 4.98 Å². The Hall–Kier alpha value is -3.34. The number of nitrogens with one attached hydrogen (secondary N) is 2. The molecule has 0 aliphatic heterocycles. The van der Waals surface area contributed by atoms with Crippen LogP contribution in [-0.4, -0.2) is 18.1 Å². The van der Waals surface area contributed by atoms with Gasteiger partial charge in [0, 0.05) is 23.3 Å². The zero-order chi connectivity index (χ0) is 24.4. The minimum absolute atomic E-state index is 0.288. The van der Waals surface area contributed by atoms with Crippen LogP contribution in [0, 0.1) is 17.8 Å². The lowest BCUT2D eigenvalue weighted by Crippen LogP contribution is -2.38. The lowest BCUT2D eigenvalue weighted by molar-refractivity contribution is 0.0601. The second-order valence-corrected chi connectivity index (χ2v) is 10.8. The van der Waals surface area contributed by atoms with Gasteiger partial charge in [-0.3, -0.25) is 0 Å². The Balaban J connectivity index is 1.28. The van der Waals surface area contributed by atoms with Gasteiger partial charge in [-0.05, 0) is 103 Å². The summed E-state index contributed by atoms with van der Waals surface area (Å²) in [6.07, 6.45) is 8.51. The third kappa shape index (κ3) is 5.19. The van der Waals surface area contributed by atoms with Gasteiger partial charge in [0.2, 0.25) is 0 Å². The van der Waals surface area contributed by atoms with Crippen LogP contribution in [0.5, 0.6) is 0 Å². The number of benzene rings is 2. The van der Waals surface area contributed by atoms with E-state index in [1.165, 1.54) is 44.8 Å². The summed E-state index contributed by atoms with van der Waals surface area (Å²) >= 11 is 0. The molecular weight excluding hydrogens is 434 g/mol. The molecule has 182 valence electrons. The van der Waals surface area contributed by atoms with E-state index in [1.807, 2.05) is 24.3 Å². The summed E-state index contributed by atoms with van der Waals surface area (Å²) in [5.41, 5.74) is 5.02. The maximum absolute atomic E-state index is 12.1. The van der Waals surface area contributed by atoms with Crippen molar-refractivity contribution in [3.63, 3.8) is 0 Å². The number of carbonyl (C=O) groups is 1. The van der Waals surface area contributed by atoms with Gasteiger partial charge in [0.05, 0.1) is 7.11 Å². The van der Waals surface area contributed by atoms with E-state index in [0.717, 1.165) is 34.8 Å². The summed E-state index contributed by atoms with van der Waals surface area (Å²) in [7, 11) is 1.37. The molecule has 1 aromatic heterocycles. The van der Waals surface area contributed by atoms with Crippen molar-refractivity contribution in [3.8, 4) is 0 Å². The molecule has 2 N–H and O–H groups in total. The molecule has 35 heavy (non-hydrogen) atoms. The highest BCUT2D eigenvalue weighted by atomic mass is 16.5. The topological polar surface area (TPSA) is 63.2 Å². The van der Waals surface area contributed by atoms with Gasteiger partial charge in [-0.2, -0.15) is 0 Å². The first-order chi connectivity index (χ1) is 16.9. The van der Waals surface area contributed by atoms with Gasteiger partial charge in [0.1, 0.15) is 11.4 Å². The molecule has 5 rings (SSSR count). The van der Waals surface area contributed by atoms with E-state index in [-0.39, 0.29) is 5.41 Å². The Morgan fingerprint density at radius 3 is 2.29 bits per heavy atom. The van der Waals surface area contributed by atoms with Gasteiger partial charge >= 0.3 is 5.97 Å². The van der Waals surface area contributed by atoms with Crippen LogP contribution in [0.1, 0.15) is 61.9 Å². The molecule has 2 bridgehead atoms. The third-order valence-corrected chi connectivity index (χ3v) is 7.83. The molecule has 0 spiro atoms. The minimum Gasteiger partial charge on any atom is -0.465 e. The lowest BCUT2D eigenvalue weighted by Gasteiger charge is -2.47. The van der Waals surface area contributed by atoms with E-state index in [0.29, 0.717) is 11.4 Å². The van der Waals surface area contributed by atoms with Crippen LogP contribution in [0.4, 0.5) is 22.9 Å². The van der Waals surface area contributed by atoms with Crippen molar-refractivity contribution in [2.24, 2.45) is 17.8 Å². The number of carbonyl (C=O) groups excluding carboxylic acids is 1. The molecule has 5 nitrogen and oxygen atoms in total. The van der Waals surface area contributed by atoms with Gasteiger partial charge in [-0.1, -0.05) is 32.0 Å². The summed E-state index contributed by atoms with van der Waals surface area (Å²) in [5.74, 6) is 2.72. The van der Waals surface area contributed by atoms with Crippen molar-refractivity contribution in [3.05, 3.63) is 78.0 Å². The molecule has 1 heterocycles. The molecule has 5 heteroatoms. The molecular formula is C30H35N3O2. The SMILES string of the molecule is COC(=O)c1cccnc1Nc1cccc(Nc2ccc(C3(C)CC4CC(C)CC(C4)C3)cc2)c1. The fourth-order valence-corrected chi connectivity index (χ4v) is 6.54. The molecule has 0 radical (unpaired) electrons. The Morgan fingerprint density at radius 1 is 0.914 bits per heavy atom. The number of esters is 1. The first-order valence-corrected chi connectivity index (χ1v) is 12.7. The number of nitrogens with zero attached hydrogens (tertiary/aromatic N) is 1. The predicted molar refractivity (Wildman–Crippen MR) is 142 cm³/mol. The van der Waals surface area contributed by atoms with Gasteiger partial charge in [0.25, 0.3) is 0 Å². The number of ether oxygens (including phenoxy) is 1. The first-order valence-electron chi connectivity index (χ1n) is 12.7. The van der Waals surface area contributed by atoms with E-state index >= 15 is 0 Å². The number of methoxy groups -OCH3 is 1. The van der Waals surface area contributed by atoms with Gasteiger partial charge in [0.15, 0.2) is 0 Å². The van der Waals surface area contributed by atoms with E-state index in [1.54, 1.807) is 18.3 Å². The molecule has 2 aliphatic rings. The van der Waals surface area contributed by atoms with E-state index < -0.39 is 5.97 Å². The molecule has 2 aliphatic carbocycles. The average Bonchev–Trinajstić information content (AvgIpc) is 2.83. The fraction of sp³-hybridized carbons (Fsp3) is 0.400. The zero-order valence-corrected chi connectivity index (χ0v) is 20.9. The predicted octanol–water partition coefficient (Wildman–Crippen LogP) is 7.46. The number of aromatic nitrogens is 1. The Labute approximate surface area is 208 Å². The smallest absolute Gasteiger partial charge is 0.341 e. The quantitative estimate of drug-likeness (QED) is 0.367. The van der Waals surface area contributed by atoms with Gasteiger partial charge in [-0.25, -0.2) is 9.78 Å². The van der Waals surface area contributed by atoms with Crippen LogP contribution in [0.3, 0.4) is 0 Å². The van der Waals surface area contributed by atoms with Crippen LogP contribution < -0.4 is 10.6 Å². The van der Waals surface area contributed by atoms with Gasteiger partial charge in [-0.15, -0.1) is 0 Å². The van der Waals surface area contributed by atoms with Crippen molar-refractivity contribution in [2.75, 3.05) is 17.7 Å². The van der Waals surface area contributed by atoms with Crippen molar-refractivity contribution >= 4 is 28.8 Å². The van der Waals surface area contributed by atoms with Crippen LogP contribution in [0.2, 0.25) is 0 Å². The summed E-state index contributed by atoms with van der Waals surface area (Å²) in [5, 5.41) is 6.76. The monoisotopic (exact) mass is 469 g/mol. The molecule has 3 aromatic rings. The van der Waals surface area contributed by atoms with Crippen molar-refractivity contribution in [1.29, 1.82) is 0 Å². The number of hydrogen-bond acceptors (Lipinski definition) is 5. The second-order valence-electron chi connectivity index (χ2n) is 10.8. The fourth-order valence-electron chi connectivity index (χ4n) is 6.54. The summed E-state index contributed by atoms with van der Waals surface area (Å²) in [6.45, 7) is 4.90. The van der Waals surface area contributed by atoms with E-state index in [2.05, 4.69) is 53.7 Å². The van der Waals surface area contributed by atoms with Gasteiger partial charge < -0.3 is 15.4 Å². The molecule has 0 amide bonds. The molecule has 2 aromatic carbocycles. The number of anilines is 4. The van der Waals surface area contributed by atoms with Crippen LogP contribution in [0.15, 0.2) is 66.9 Å². The Kier molecular flexibility index (Phi) is 6.50. The first kappa shape index (κ1) is 23.4. The summed E-state index contributed by atoms with van der Waals surface area (Å²) < 4.78 is 4.87. The number of rotatable bonds is 6. The number of pyridine rings is 1. The minimum atomic E-state index is -0.417. The molecule has 2 unspecified atom stereocenters. The van der Waals surface area contributed by atoms with Crippen molar-refractivity contribution in [2.45, 2.75) is 51.4 Å². The summed E-state index contributed by atoms with van der Waals surface area (Å²) in [6, 6.07) is 20.4. The number of fused-ring (bicyclic) bond motifs is 2. The maximum Gasteiger partial charge on any atom is 0.341 e. The van der Waals surface area contributed by atoms with Crippen molar-refractivity contribution < 1.29 is 9.53 Å². The lowest BCUT2D eigenvalue weighted by atomic mass is 9.57. The molecule has 2 fully saturated rings.